The van der Waals surface area contributed by atoms with Crippen LogP contribution in [0.1, 0.15) is 12.5 Å². The highest BCUT2D eigenvalue weighted by Gasteiger charge is 2.14. The van der Waals surface area contributed by atoms with Gasteiger partial charge < -0.3 is 15.2 Å². The number of hydrogen-bond donors (Lipinski definition) is 1. The monoisotopic (exact) mass is 386 g/mol. The van der Waals surface area contributed by atoms with Gasteiger partial charge in [0.1, 0.15) is 11.6 Å². The molecule has 0 unspecified atom stereocenters. The van der Waals surface area contributed by atoms with Gasteiger partial charge in [0.2, 0.25) is 0 Å². The number of halogens is 1. The highest BCUT2D eigenvalue weighted by molar-refractivity contribution is 14.1. The minimum Gasteiger partial charge on any atom is -0.493 e. The number of nitrogens with two attached hydrogens (primary N) is 1. The van der Waals surface area contributed by atoms with E-state index in [1.54, 1.807) is 18.2 Å². The molecule has 0 aliphatic heterocycles. The maximum Gasteiger partial charge on any atom is 0.308 e. The molecule has 6 nitrogen and oxygen atoms in total. The number of methoxy groups -OCH3 is 1. The van der Waals surface area contributed by atoms with Crippen molar-refractivity contribution >= 4 is 40.5 Å². The van der Waals surface area contributed by atoms with E-state index in [0.717, 1.165) is 0 Å². The standard InChI is InChI=1S/C13H11IN2O4/c1-7(17)20-12-10(14)4-8(5-11(12)19-2)3-9(6-15)13(16)18/h3-5H,1-2H3,(H2,16,18)/b9-3+. The van der Waals surface area contributed by atoms with Gasteiger partial charge in [-0.2, -0.15) is 5.26 Å². The Kier molecular flexibility index (Phi) is 5.52. The van der Waals surface area contributed by atoms with Crippen LogP contribution in [0.5, 0.6) is 11.5 Å². The largest absolute Gasteiger partial charge is 0.493 e. The van der Waals surface area contributed by atoms with Gasteiger partial charge in [0, 0.05) is 6.92 Å². The van der Waals surface area contributed by atoms with E-state index in [1.807, 2.05) is 22.6 Å². The summed E-state index contributed by atoms with van der Waals surface area (Å²) in [5.74, 6) is -0.680. The third kappa shape index (κ3) is 3.96. The molecule has 1 amide bonds. The summed E-state index contributed by atoms with van der Waals surface area (Å²) in [5.41, 5.74) is 5.43. The first-order chi connectivity index (χ1) is 9.38. The Bertz CT molecular complexity index is 632. The van der Waals surface area contributed by atoms with Gasteiger partial charge in [0.25, 0.3) is 5.91 Å². The predicted octanol–water partition coefficient (Wildman–Crippen LogP) is 1.62. The molecule has 0 saturated carbocycles. The molecule has 0 aromatic heterocycles. The van der Waals surface area contributed by atoms with Crippen LogP contribution < -0.4 is 15.2 Å². The van der Waals surface area contributed by atoms with Crippen LogP contribution in [0.4, 0.5) is 0 Å². The normalized spacial score (nSPS) is 10.6. The van der Waals surface area contributed by atoms with Crippen LogP contribution in [0.15, 0.2) is 17.7 Å². The van der Waals surface area contributed by atoms with Crippen molar-refractivity contribution in [2.75, 3.05) is 7.11 Å². The van der Waals surface area contributed by atoms with Crippen LogP contribution in [0.3, 0.4) is 0 Å². The van der Waals surface area contributed by atoms with Crippen molar-refractivity contribution in [2.45, 2.75) is 6.92 Å². The van der Waals surface area contributed by atoms with Crippen molar-refractivity contribution in [3.05, 3.63) is 26.8 Å². The van der Waals surface area contributed by atoms with Gasteiger partial charge in [-0.15, -0.1) is 0 Å². The average Bonchev–Trinajstić information content (AvgIpc) is 2.37. The number of nitriles is 1. The van der Waals surface area contributed by atoms with Crippen molar-refractivity contribution in [3.63, 3.8) is 0 Å². The Balaban J connectivity index is 3.34. The number of amides is 1. The first-order valence-corrected chi connectivity index (χ1v) is 6.44. The molecule has 0 atom stereocenters. The molecule has 1 rings (SSSR count). The zero-order valence-electron chi connectivity index (χ0n) is 10.8. The molecular weight excluding hydrogens is 375 g/mol. The van der Waals surface area contributed by atoms with Crippen molar-refractivity contribution in [2.24, 2.45) is 5.73 Å². The molecule has 0 fully saturated rings. The summed E-state index contributed by atoms with van der Waals surface area (Å²) < 4.78 is 10.8. The number of benzene rings is 1. The topological polar surface area (TPSA) is 102 Å². The van der Waals surface area contributed by atoms with Gasteiger partial charge in [-0.3, -0.25) is 9.59 Å². The minimum absolute atomic E-state index is 0.178. The minimum atomic E-state index is -0.814. The number of ether oxygens (including phenoxy) is 2. The van der Waals surface area contributed by atoms with Crippen molar-refractivity contribution in [3.8, 4) is 17.6 Å². The lowest BCUT2D eigenvalue weighted by Gasteiger charge is -2.11. The number of hydrogen-bond acceptors (Lipinski definition) is 5. The Morgan fingerprint density at radius 2 is 2.10 bits per heavy atom. The van der Waals surface area contributed by atoms with E-state index in [2.05, 4.69) is 0 Å². The highest BCUT2D eigenvalue weighted by Crippen LogP contribution is 2.34. The van der Waals surface area contributed by atoms with E-state index in [9.17, 15) is 9.59 Å². The molecule has 0 aliphatic rings. The maximum absolute atomic E-state index is 11.0. The lowest BCUT2D eigenvalue weighted by molar-refractivity contribution is -0.132. The third-order valence-corrected chi connectivity index (χ3v) is 3.00. The van der Waals surface area contributed by atoms with Crippen molar-refractivity contribution < 1.29 is 19.1 Å². The molecular formula is C13H11IN2O4. The van der Waals surface area contributed by atoms with Gasteiger partial charge in [-0.1, -0.05) is 0 Å². The summed E-state index contributed by atoms with van der Waals surface area (Å²) in [6, 6.07) is 4.89. The first-order valence-electron chi connectivity index (χ1n) is 5.36. The molecule has 0 radical (unpaired) electrons. The predicted molar refractivity (Wildman–Crippen MR) is 79.8 cm³/mol. The van der Waals surface area contributed by atoms with Gasteiger partial charge in [0.15, 0.2) is 11.5 Å². The Labute approximate surface area is 129 Å². The van der Waals surface area contributed by atoms with Crippen LogP contribution in [-0.4, -0.2) is 19.0 Å². The van der Waals surface area contributed by atoms with E-state index in [1.165, 1.54) is 20.1 Å². The second kappa shape index (κ2) is 6.91. The molecule has 20 heavy (non-hydrogen) atoms. The van der Waals surface area contributed by atoms with E-state index < -0.39 is 11.9 Å². The number of nitrogens with zero attached hydrogens (tertiary/aromatic N) is 1. The summed E-state index contributed by atoms with van der Waals surface area (Å²) in [4.78, 5) is 22.1. The van der Waals surface area contributed by atoms with E-state index in [4.69, 9.17) is 20.5 Å². The number of carbonyl (C=O) groups is 2. The van der Waals surface area contributed by atoms with Crippen LogP contribution in [0, 0.1) is 14.9 Å². The highest BCUT2D eigenvalue weighted by atomic mass is 127. The zero-order chi connectivity index (χ0) is 15.3. The molecule has 1 aromatic rings. The third-order valence-electron chi connectivity index (χ3n) is 2.19. The summed E-state index contributed by atoms with van der Waals surface area (Å²) in [5, 5.41) is 8.81. The summed E-state index contributed by atoms with van der Waals surface area (Å²) in [6.45, 7) is 1.28. The SMILES string of the molecule is COc1cc(/C=C(\C#N)C(N)=O)cc(I)c1OC(C)=O. The lowest BCUT2D eigenvalue weighted by atomic mass is 10.1. The van der Waals surface area contributed by atoms with E-state index in [-0.39, 0.29) is 11.3 Å². The van der Waals surface area contributed by atoms with Crippen LogP contribution in [0.25, 0.3) is 6.08 Å². The second-order valence-electron chi connectivity index (χ2n) is 3.66. The van der Waals surface area contributed by atoms with Crippen molar-refractivity contribution in [1.82, 2.24) is 0 Å². The van der Waals surface area contributed by atoms with Crippen LogP contribution in [0.2, 0.25) is 0 Å². The number of esters is 1. The van der Waals surface area contributed by atoms with Crippen LogP contribution in [-0.2, 0) is 9.59 Å². The van der Waals surface area contributed by atoms with E-state index in [0.29, 0.717) is 14.9 Å². The fourth-order valence-corrected chi connectivity index (χ4v) is 2.13. The first kappa shape index (κ1) is 16.0. The summed E-state index contributed by atoms with van der Waals surface area (Å²) in [7, 11) is 1.42. The number of carbonyl (C=O) groups excluding carboxylic acids is 2. The quantitative estimate of drug-likeness (QED) is 0.279. The number of rotatable bonds is 4. The molecule has 2 N–H and O–H groups in total. The Morgan fingerprint density at radius 3 is 2.55 bits per heavy atom. The molecule has 104 valence electrons. The molecule has 0 spiro atoms. The Morgan fingerprint density at radius 1 is 1.45 bits per heavy atom. The molecule has 0 saturated heterocycles. The summed E-state index contributed by atoms with van der Waals surface area (Å²) in [6.07, 6.45) is 1.34. The van der Waals surface area contributed by atoms with Gasteiger partial charge in [-0.05, 0) is 46.4 Å². The summed E-state index contributed by atoms with van der Waals surface area (Å²) >= 11 is 1.96. The number of primary amides is 1. The molecule has 0 aliphatic carbocycles. The maximum atomic E-state index is 11.0. The van der Waals surface area contributed by atoms with Gasteiger partial charge in [0.05, 0.1) is 10.7 Å². The molecule has 0 heterocycles. The molecule has 1 aromatic carbocycles. The van der Waals surface area contributed by atoms with Crippen LogP contribution >= 0.6 is 22.6 Å². The lowest BCUT2D eigenvalue weighted by Crippen LogP contribution is -2.12. The van der Waals surface area contributed by atoms with Crippen molar-refractivity contribution in [1.29, 1.82) is 5.26 Å². The second-order valence-corrected chi connectivity index (χ2v) is 4.82. The van der Waals surface area contributed by atoms with Gasteiger partial charge in [-0.25, -0.2) is 0 Å². The Hall–Kier alpha value is -2.08. The van der Waals surface area contributed by atoms with E-state index >= 15 is 0 Å². The zero-order valence-corrected chi connectivity index (χ0v) is 12.9. The smallest absolute Gasteiger partial charge is 0.308 e. The fourth-order valence-electron chi connectivity index (χ4n) is 1.39. The van der Waals surface area contributed by atoms with Gasteiger partial charge >= 0.3 is 5.97 Å². The average molecular weight is 386 g/mol. The molecule has 0 bridgehead atoms. The fraction of sp³-hybridized carbons (Fsp3) is 0.154. The molecule has 7 heteroatoms.